The summed E-state index contributed by atoms with van der Waals surface area (Å²) in [5, 5.41) is 2.41. The predicted molar refractivity (Wildman–Crippen MR) is 72.0 cm³/mol. The molecule has 0 saturated heterocycles. The molecule has 16 heavy (non-hydrogen) atoms. The fraction of sp³-hybridized carbons (Fsp3) is 0.154. The molecule has 0 unspecified atom stereocenters. The largest absolute Gasteiger partial charge is 0.235 e. The van der Waals surface area contributed by atoms with Crippen LogP contribution in [-0.2, 0) is 0 Å². The van der Waals surface area contributed by atoms with Crippen LogP contribution in [0.5, 0.6) is 0 Å². The molecule has 0 radical (unpaired) electrons. The number of para-hydroxylation sites is 1. The molecule has 2 rings (SSSR count). The van der Waals surface area contributed by atoms with Gasteiger partial charge >= 0.3 is 0 Å². The van der Waals surface area contributed by atoms with E-state index in [-0.39, 0.29) is 0 Å². The number of pyridine rings is 1. The van der Waals surface area contributed by atoms with Crippen molar-refractivity contribution in [1.29, 1.82) is 0 Å². The van der Waals surface area contributed by atoms with Crippen LogP contribution in [0.1, 0.15) is 12.0 Å². The van der Waals surface area contributed by atoms with Crippen LogP contribution < -0.4 is 0 Å². The van der Waals surface area contributed by atoms with Crippen LogP contribution in [0, 0.1) is 11.8 Å². The van der Waals surface area contributed by atoms with E-state index in [0.29, 0.717) is 5.15 Å². The molecule has 0 aliphatic rings. The van der Waals surface area contributed by atoms with E-state index in [0.717, 1.165) is 28.2 Å². The molecule has 0 atom stereocenters. The van der Waals surface area contributed by atoms with Crippen molar-refractivity contribution in [3.63, 3.8) is 0 Å². The maximum atomic E-state index is 6.06. The molecule has 1 heterocycles. The number of hydrogen-bond acceptors (Lipinski definition) is 1. The summed E-state index contributed by atoms with van der Waals surface area (Å²) in [5.74, 6) is 6.07. The first kappa shape index (κ1) is 11.4. The van der Waals surface area contributed by atoms with Gasteiger partial charge in [0.1, 0.15) is 5.15 Å². The number of rotatable bonds is 1. The zero-order chi connectivity index (χ0) is 11.4. The third kappa shape index (κ3) is 2.55. The zero-order valence-electron chi connectivity index (χ0n) is 8.50. The highest BCUT2D eigenvalue weighted by Gasteiger charge is 2.01. The SMILES string of the molecule is Clc1nc2ccccc2cc1C#CCCBr. The Labute approximate surface area is 108 Å². The maximum absolute atomic E-state index is 6.06. The van der Waals surface area contributed by atoms with E-state index in [1.807, 2.05) is 30.3 Å². The topological polar surface area (TPSA) is 12.9 Å². The number of benzene rings is 1. The average molecular weight is 295 g/mol. The van der Waals surface area contributed by atoms with Crippen LogP contribution in [0.25, 0.3) is 10.9 Å². The number of aromatic nitrogens is 1. The molecule has 0 fully saturated rings. The minimum absolute atomic E-state index is 0.473. The molecule has 0 aliphatic carbocycles. The molecule has 0 spiro atoms. The van der Waals surface area contributed by atoms with Gasteiger partial charge in [-0.1, -0.05) is 57.6 Å². The van der Waals surface area contributed by atoms with Crippen LogP contribution in [0.3, 0.4) is 0 Å². The van der Waals surface area contributed by atoms with E-state index in [1.165, 1.54) is 0 Å². The van der Waals surface area contributed by atoms with Crippen molar-refractivity contribution in [3.05, 3.63) is 41.0 Å². The van der Waals surface area contributed by atoms with Gasteiger partial charge in [-0.05, 0) is 12.1 Å². The summed E-state index contributed by atoms with van der Waals surface area (Å²) in [5.41, 5.74) is 1.69. The second-order valence-electron chi connectivity index (χ2n) is 3.26. The Morgan fingerprint density at radius 1 is 1.31 bits per heavy atom. The van der Waals surface area contributed by atoms with Crippen molar-refractivity contribution in [3.8, 4) is 11.8 Å². The number of halogens is 2. The predicted octanol–water partition coefficient (Wildman–Crippen LogP) is 4.02. The van der Waals surface area contributed by atoms with Crippen molar-refractivity contribution in [2.75, 3.05) is 5.33 Å². The summed E-state index contributed by atoms with van der Waals surface area (Å²) in [6.07, 6.45) is 0.809. The highest BCUT2D eigenvalue weighted by molar-refractivity contribution is 9.09. The third-order valence-corrected chi connectivity index (χ3v) is 2.80. The van der Waals surface area contributed by atoms with E-state index in [4.69, 9.17) is 11.6 Å². The highest BCUT2D eigenvalue weighted by atomic mass is 79.9. The van der Waals surface area contributed by atoms with Crippen LogP contribution in [0.4, 0.5) is 0 Å². The molecule has 0 amide bonds. The minimum Gasteiger partial charge on any atom is -0.235 e. The van der Waals surface area contributed by atoms with E-state index in [1.54, 1.807) is 0 Å². The fourth-order valence-corrected chi connectivity index (χ4v) is 1.78. The first-order valence-electron chi connectivity index (χ1n) is 4.91. The van der Waals surface area contributed by atoms with Gasteiger partial charge in [-0.25, -0.2) is 4.98 Å². The molecule has 0 bridgehead atoms. The first-order chi connectivity index (χ1) is 7.81. The van der Waals surface area contributed by atoms with Gasteiger partial charge in [-0.3, -0.25) is 0 Å². The van der Waals surface area contributed by atoms with Crippen LogP contribution >= 0.6 is 27.5 Å². The van der Waals surface area contributed by atoms with E-state index >= 15 is 0 Å². The molecule has 80 valence electrons. The lowest BCUT2D eigenvalue weighted by atomic mass is 10.1. The van der Waals surface area contributed by atoms with Crippen LogP contribution in [-0.4, -0.2) is 10.3 Å². The van der Waals surface area contributed by atoms with Crippen molar-refractivity contribution in [1.82, 2.24) is 4.98 Å². The molecule has 2 aromatic rings. The summed E-state index contributed by atoms with van der Waals surface area (Å²) >= 11 is 9.39. The summed E-state index contributed by atoms with van der Waals surface area (Å²) in [4.78, 5) is 4.31. The number of fused-ring (bicyclic) bond motifs is 1. The fourth-order valence-electron chi connectivity index (χ4n) is 1.39. The molecule has 0 aliphatic heterocycles. The quantitative estimate of drug-likeness (QED) is 0.440. The van der Waals surface area contributed by atoms with Crippen molar-refractivity contribution in [2.45, 2.75) is 6.42 Å². The Kier molecular flexibility index (Phi) is 3.82. The highest BCUT2D eigenvalue weighted by Crippen LogP contribution is 2.19. The standard InChI is InChI=1S/C13H9BrClN/c14-8-4-3-6-11-9-10-5-1-2-7-12(10)16-13(11)15/h1-2,5,7,9H,4,8H2. The Bertz CT molecular complexity index is 569. The van der Waals surface area contributed by atoms with Gasteiger partial charge in [0, 0.05) is 17.1 Å². The molecule has 1 nitrogen and oxygen atoms in total. The molecule has 0 N–H and O–H groups in total. The molecule has 1 aromatic carbocycles. The average Bonchev–Trinajstić information content (AvgIpc) is 2.30. The second-order valence-corrected chi connectivity index (χ2v) is 4.41. The lowest BCUT2D eigenvalue weighted by molar-refractivity contribution is 1.31. The lowest BCUT2D eigenvalue weighted by Crippen LogP contribution is -1.85. The van der Waals surface area contributed by atoms with E-state index in [9.17, 15) is 0 Å². The van der Waals surface area contributed by atoms with E-state index < -0.39 is 0 Å². The summed E-state index contributed by atoms with van der Waals surface area (Å²) in [6.45, 7) is 0. The Hall–Kier alpha value is -1.04. The van der Waals surface area contributed by atoms with Gasteiger partial charge in [0.25, 0.3) is 0 Å². The number of nitrogens with zero attached hydrogens (tertiary/aromatic N) is 1. The van der Waals surface area contributed by atoms with E-state index in [2.05, 4.69) is 32.8 Å². The minimum atomic E-state index is 0.473. The van der Waals surface area contributed by atoms with Gasteiger partial charge in [-0.15, -0.1) is 0 Å². The maximum Gasteiger partial charge on any atom is 0.145 e. The molecule has 3 heteroatoms. The van der Waals surface area contributed by atoms with Crippen LogP contribution in [0.15, 0.2) is 30.3 Å². The Morgan fingerprint density at radius 2 is 2.12 bits per heavy atom. The van der Waals surface area contributed by atoms with Crippen LogP contribution in [0.2, 0.25) is 5.15 Å². The van der Waals surface area contributed by atoms with Gasteiger partial charge in [0.15, 0.2) is 0 Å². The summed E-state index contributed by atoms with van der Waals surface area (Å²) < 4.78 is 0. The molecule has 0 saturated carbocycles. The summed E-state index contributed by atoms with van der Waals surface area (Å²) in [6, 6.07) is 9.85. The smallest absolute Gasteiger partial charge is 0.145 e. The normalized spacial score (nSPS) is 9.88. The second kappa shape index (κ2) is 5.34. The lowest BCUT2D eigenvalue weighted by Gasteiger charge is -1.99. The molecular weight excluding hydrogens is 286 g/mol. The summed E-state index contributed by atoms with van der Waals surface area (Å²) in [7, 11) is 0. The van der Waals surface area contributed by atoms with Gasteiger partial charge in [-0.2, -0.15) is 0 Å². The Morgan fingerprint density at radius 3 is 2.94 bits per heavy atom. The molecular formula is C13H9BrClN. The number of hydrogen-bond donors (Lipinski definition) is 0. The number of alkyl halides is 1. The Balaban J connectivity index is 2.47. The zero-order valence-corrected chi connectivity index (χ0v) is 10.8. The molecule has 1 aromatic heterocycles. The van der Waals surface area contributed by atoms with Crippen molar-refractivity contribution < 1.29 is 0 Å². The van der Waals surface area contributed by atoms with Gasteiger partial charge in [0.05, 0.1) is 11.1 Å². The van der Waals surface area contributed by atoms with Gasteiger partial charge in [0.2, 0.25) is 0 Å². The first-order valence-corrected chi connectivity index (χ1v) is 6.41. The van der Waals surface area contributed by atoms with Gasteiger partial charge < -0.3 is 0 Å². The van der Waals surface area contributed by atoms with Crippen molar-refractivity contribution >= 4 is 38.4 Å². The van der Waals surface area contributed by atoms with Crippen molar-refractivity contribution in [2.24, 2.45) is 0 Å². The third-order valence-electron chi connectivity index (χ3n) is 2.12. The monoisotopic (exact) mass is 293 g/mol.